The predicted octanol–water partition coefficient (Wildman–Crippen LogP) is 1.43. The second kappa shape index (κ2) is 6.99. The summed E-state index contributed by atoms with van der Waals surface area (Å²) in [5, 5.41) is 16.3. The first-order valence-corrected chi connectivity index (χ1v) is 10.8. The summed E-state index contributed by atoms with van der Waals surface area (Å²) in [5.74, 6) is 0.566. The van der Waals surface area contributed by atoms with Gasteiger partial charge in [-0.25, -0.2) is 4.79 Å². The molecule has 0 radical (unpaired) electrons. The fourth-order valence-corrected chi connectivity index (χ4v) is 5.90. The summed E-state index contributed by atoms with van der Waals surface area (Å²) < 4.78 is 3.31. The minimum Gasteiger partial charge on any atom is -0.372 e. The molecule has 3 aliphatic rings. The molecule has 2 saturated heterocycles. The van der Waals surface area contributed by atoms with Gasteiger partial charge < -0.3 is 15.7 Å². The average molecular weight is 399 g/mol. The smallest absolute Gasteiger partial charge is 0.329 e. The average Bonchev–Trinajstić information content (AvgIpc) is 2.92. The van der Waals surface area contributed by atoms with Gasteiger partial charge in [0.2, 0.25) is 5.91 Å². The minimum absolute atomic E-state index is 0.144. The first kappa shape index (κ1) is 18.9. The maximum absolute atomic E-state index is 12.9. The maximum Gasteiger partial charge on any atom is 0.329 e. The Bertz CT molecular complexity index is 993. The van der Waals surface area contributed by atoms with E-state index >= 15 is 0 Å². The molecule has 7 heteroatoms. The van der Waals surface area contributed by atoms with Crippen LogP contribution in [0, 0.1) is 11.3 Å². The van der Waals surface area contributed by atoms with Crippen LogP contribution in [0.5, 0.6) is 0 Å². The minimum atomic E-state index is -1.03. The van der Waals surface area contributed by atoms with Crippen molar-refractivity contribution >= 4 is 16.9 Å². The van der Waals surface area contributed by atoms with Crippen molar-refractivity contribution in [1.29, 1.82) is 0 Å². The number of aliphatic hydroxyl groups is 1. The van der Waals surface area contributed by atoms with Crippen LogP contribution in [0.3, 0.4) is 0 Å². The third kappa shape index (κ3) is 3.20. The Morgan fingerprint density at radius 2 is 1.93 bits per heavy atom. The maximum atomic E-state index is 12.9. The molecule has 3 N–H and O–H groups in total. The molecule has 7 nitrogen and oxygen atoms in total. The number of fused-ring (bicyclic) bond motifs is 1. The van der Waals surface area contributed by atoms with Crippen molar-refractivity contribution in [2.75, 3.05) is 13.1 Å². The molecule has 2 atom stereocenters. The number of benzene rings is 1. The number of hydrogen-bond acceptors (Lipinski definition) is 4. The molecule has 1 saturated carbocycles. The van der Waals surface area contributed by atoms with Crippen molar-refractivity contribution in [3.8, 4) is 0 Å². The normalized spacial score (nSPS) is 27.2. The van der Waals surface area contributed by atoms with Crippen LogP contribution >= 0.6 is 0 Å². The number of carbonyl (C=O) groups excluding carboxylic acids is 1. The van der Waals surface area contributed by atoms with Crippen LogP contribution in [0.2, 0.25) is 0 Å². The second-order valence-corrected chi connectivity index (χ2v) is 9.38. The highest BCUT2D eigenvalue weighted by Crippen LogP contribution is 2.52. The lowest BCUT2D eigenvalue weighted by atomic mass is 9.56. The van der Waals surface area contributed by atoms with Crippen LogP contribution in [0.4, 0.5) is 0 Å². The molecule has 1 aliphatic carbocycles. The van der Waals surface area contributed by atoms with E-state index in [0.717, 1.165) is 36.5 Å². The number of rotatable bonds is 3. The Hall–Kier alpha value is -2.12. The molecule has 156 valence electrons. The van der Waals surface area contributed by atoms with Crippen molar-refractivity contribution in [2.45, 2.75) is 57.2 Å². The summed E-state index contributed by atoms with van der Waals surface area (Å²) in [7, 11) is 1.78. The van der Waals surface area contributed by atoms with E-state index in [2.05, 4.69) is 22.8 Å². The SMILES string of the molecule is Cn1c(=O)n(C2CCC(=O)NC2O)c2ccc(CC3CC4(CCNCC4)C3)cc21. The summed E-state index contributed by atoms with van der Waals surface area (Å²) in [6.07, 6.45) is 6.07. The van der Waals surface area contributed by atoms with Gasteiger partial charge in [-0.1, -0.05) is 6.07 Å². The van der Waals surface area contributed by atoms with Crippen molar-refractivity contribution in [2.24, 2.45) is 18.4 Å². The number of hydrogen-bond donors (Lipinski definition) is 3. The number of imidazole rings is 1. The Balaban J connectivity index is 1.38. The highest BCUT2D eigenvalue weighted by molar-refractivity contribution is 5.79. The van der Waals surface area contributed by atoms with Crippen LogP contribution in [0.1, 0.15) is 50.1 Å². The van der Waals surface area contributed by atoms with Gasteiger partial charge in [-0.05, 0) is 80.6 Å². The molecule has 1 aromatic carbocycles. The molecule has 2 aromatic rings. The Morgan fingerprint density at radius 1 is 1.17 bits per heavy atom. The van der Waals surface area contributed by atoms with Crippen LogP contribution in [0.15, 0.2) is 23.0 Å². The number of nitrogens with zero attached hydrogens (tertiary/aromatic N) is 2. The molecule has 2 unspecified atom stereocenters. The number of nitrogens with one attached hydrogen (secondary N) is 2. The molecule has 29 heavy (non-hydrogen) atoms. The molecule has 3 fully saturated rings. The zero-order valence-corrected chi connectivity index (χ0v) is 17.0. The van der Waals surface area contributed by atoms with Gasteiger partial charge in [0.1, 0.15) is 6.23 Å². The van der Waals surface area contributed by atoms with E-state index in [1.54, 1.807) is 16.2 Å². The molecule has 1 spiro atoms. The van der Waals surface area contributed by atoms with E-state index in [-0.39, 0.29) is 11.6 Å². The third-order valence-electron chi connectivity index (χ3n) is 7.46. The first-order valence-electron chi connectivity index (χ1n) is 10.8. The third-order valence-corrected chi connectivity index (χ3v) is 7.46. The van der Waals surface area contributed by atoms with Gasteiger partial charge in [-0.3, -0.25) is 13.9 Å². The highest BCUT2D eigenvalue weighted by atomic mass is 16.3. The number of carbonyl (C=O) groups is 1. The Morgan fingerprint density at radius 3 is 2.66 bits per heavy atom. The van der Waals surface area contributed by atoms with Crippen LogP contribution in [-0.4, -0.2) is 39.5 Å². The van der Waals surface area contributed by atoms with Gasteiger partial charge in [0.15, 0.2) is 0 Å². The van der Waals surface area contributed by atoms with E-state index in [1.165, 1.54) is 31.2 Å². The van der Waals surface area contributed by atoms with E-state index in [4.69, 9.17) is 0 Å². The van der Waals surface area contributed by atoms with Crippen LogP contribution < -0.4 is 16.3 Å². The zero-order valence-electron chi connectivity index (χ0n) is 17.0. The second-order valence-electron chi connectivity index (χ2n) is 9.38. The molecule has 1 amide bonds. The fraction of sp³-hybridized carbons (Fsp3) is 0.636. The lowest BCUT2D eigenvalue weighted by Gasteiger charge is -2.50. The summed E-state index contributed by atoms with van der Waals surface area (Å²) in [5.41, 5.74) is 3.43. The number of aryl methyl sites for hydroxylation is 1. The van der Waals surface area contributed by atoms with E-state index in [1.807, 2.05) is 6.07 Å². The van der Waals surface area contributed by atoms with E-state index in [0.29, 0.717) is 18.3 Å². The van der Waals surface area contributed by atoms with Crippen molar-refractivity contribution < 1.29 is 9.90 Å². The molecular weight excluding hydrogens is 368 g/mol. The van der Waals surface area contributed by atoms with Crippen LogP contribution in [0.25, 0.3) is 11.0 Å². The molecule has 2 aliphatic heterocycles. The van der Waals surface area contributed by atoms with E-state index in [9.17, 15) is 14.7 Å². The van der Waals surface area contributed by atoms with Gasteiger partial charge in [0.25, 0.3) is 0 Å². The summed E-state index contributed by atoms with van der Waals surface area (Å²) >= 11 is 0. The summed E-state index contributed by atoms with van der Waals surface area (Å²) in [6, 6.07) is 5.84. The Labute approximate surface area is 170 Å². The number of aliphatic hydroxyl groups excluding tert-OH is 1. The lowest BCUT2D eigenvalue weighted by Crippen LogP contribution is -2.47. The molecule has 3 heterocycles. The molecule has 1 aromatic heterocycles. The standard InChI is InChI=1S/C22H30N4O3/c1-25-18-11-14(10-15-12-22(13-15)6-8-23-9-7-22)2-3-16(18)26(21(25)29)17-4-5-19(27)24-20(17)28/h2-3,11,15,17,20,23,28H,4-10,12-13H2,1H3,(H,24,27). The molecule has 5 rings (SSSR count). The number of amides is 1. The van der Waals surface area contributed by atoms with Crippen molar-refractivity contribution in [3.05, 3.63) is 34.2 Å². The van der Waals surface area contributed by atoms with Crippen molar-refractivity contribution in [3.63, 3.8) is 0 Å². The van der Waals surface area contributed by atoms with Gasteiger partial charge in [-0.2, -0.15) is 0 Å². The van der Waals surface area contributed by atoms with Gasteiger partial charge in [0, 0.05) is 13.5 Å². The topological polar surface area (TPSA) is 88.3 Å². The largest absolute Gasteiger partial charge is 0.372 e. The van der Waals surface area contributed by atoms with Gasteiger partial charge in [-0.15, -0.1) is 0 Å². The van der Waals surface area contributed by atoms with Crippen molar-refractivity contribution in [1.82, 2.24) is 19.8 Å². The van der Waals surface area contributed by atoms with Crippen LogP contribution in [-0.2, 0) is 18.3 Å². The lowest BCUT2D eigenvalue weighted by molar-refractivity contribution is -0.128. The molecule has 0 bridgehead atoms. The first-order chi connectivity index (χ1) is 14.0. The molecular formula is C22H30N4O3. The predicted molar refractivity (Wildman–Crippen MR) is 111 cm³/mol. The zero-order chi connectivity index (χ0) is 20.2. The Kier molecular flexibility index (Phi) is 4.55. The fourth-order valence-electron chi connectivity index (χ4n) is 5.90. The summed E-state index contributed by atoms with van der Waals surface area (Å²) in [6.45, 7) is 2.31. The summed E-state index contributed by atoms with van der Waals surface area (Å²) in [4.78, 5) is 24.4. The van der Waals surface area contributed by atoms with Gasteiger partial charge >= 0.3 is 5.69 Å². The monoisotopic (exact) mass is 398 g/mol. The number of piperidine rings is 2. The quantitative estimate of drug-likeness (QED) is 0.730. The highest BCUT2D eigenvalue weighted by Gasteiger charge is 2.44. The number of aromatic nitrogens is 2. The van der Waals surface area contributed by atoms with Gasteiger partial charge in [0.05, 0.1) is 17.1 Å². The van der Waals surface area contributed by atoms with E-state index < -0.39 is 12.3 Å².